The Bertz CT molecular complexity index is 1160. The number of Topliss-reactive ketones (excluding diaryl/α,β-unsaturated/α-hetero) is 1. The average molecular weight is 557 g/mol. The first kappa shape index (κ1) is 31.0. The second-order valence-corrected chi connectivity index (χ2v) is 10.5. The van der Waals surface area contributed by atoms with Crippen LogP contribution in [0.3, 0.4) is 0 Å². The Balaban J connectivity index is 1.60. The van der Waals surface area contributed by atoms with Crippen LogP contribution >= 0.6 is 0 Å². The molecule has 4 unspecified atom stereocenters. The molecule has 0 aliphatic carbocycles. The molecular formula is C30H40N2O8. The third-order valence-corrected chi connectivity index (χ3v) is 7.59. The first-order valence-electron chi connectivity index (χ1n) is 13.7. The number of rotatable bonds is 12. The van der Waals surface area contributed by atoms with Crippen molar-refractivity contribution in [1.29, 1.82) is 0 Å². The molecule has 1 amide bonds. The summed E-state index contributed by atoms with van der Waals surface area (Å²) < 4.78 is 23.1. The van der Waals surface area contributed by atoms with Crippen LogP contribution < -0.4 is 4.74 Å². The molecule has 0 radical (unpaired) electrons. The van der Waals surface area contributed by atoms with Crippen LogP contribution in [0, 0.1) is 27.9 Å². The van der Waals surface area contributed by atoms with Gasteiger partial charge in [-0.15, -0.1) is 0 Å². The molecule has 0 bridgehead atoms. The van der Waals surface area contributed by atoms with E-state index in [9.17, 15) is 19.7 Å². The number of carbonyl (C=O) groups excluding carboxylic acids is 2. The van der Waals surface area contributed by atoms with E-state index in [1.165, 1.54) is 24.0 Å². The van der Waals surface area contributed by atoms with E-state index >= 15 is 0 Å². The van der Waals surface area contributed by atoms with Gasteiger partial charge in [-0.3, -0.25) is 19.8 Å². The standard InChI is InChI=1S/C30H40N2O8/c1-7-31(18-38-19(2)15-24-11-9-8-10-12-24)30(34)37-17-25-13-14-27(26(16-25)32(35)36)39-29-22(5)20(3)21(4)28(40-29)23(6)33/h8-14,16,19-22,28-29H,7,15,17-18H2,1-6H3/t19?,20-,21?,22-,28?,29?/m0/s1. The number of nitro groups is 1. The molecule has 1 heterocycles. The van der Waals surface area contributed by atoms with Crippen LogP contribution in [0.4, 0.5) is 10.5 Å². The van der Waals surface area contributed by atoms with E-state index in [0.717, 1.165) is 5.56 Å². The number of amides is 1. The maximum absolute atomic E-state index is 12.7. The third-order valence-electron chi connectivity index (χ3n) is 7.59. The van der Waals surface area contributed by atoms with E-state index in [1.807, 2.05) is 65.0 Å². The van der Waals surface area contributed by atoms with Crippen molar-refractivity contribution in [3.63, 3.8) is 0 Å². The van der Waals surface area contributed by atoms with Crippen LogP contribution in [0.2, 0.25) is 0 Å². The Labute approximate surface area is 235 Å². The number of nitrogens with zero attached hydrogens (tertiary/aromatic N) is 2. The summed E-state index contributed by atoms with van der Waals surface area (Å²) in [5.41, 5.74) is 1.30. The van der Waals surface area contributed by atoms with Crippen LogP contribution in [0.15, 0.2) is 48.5 Å². The molecule has 1 saturated heterocycles. The zero-order valence-corrected chi connectivity index (χ0v) is 24.1. The van der Waals surface area contributed by atoms with E-state index in [2.05, 4.69) is 0 Å². The summed E-state index contributed by atoms with van der Waals surface area (Å²) in [5.74, 6) is -0.0686. The molecule has 2 aromatic carbocycles. The number of benzene rings is 2. The van der Waals surface area contributed by atoms with Crippen molar-refractivity contribution in [2.24, 2.45) is 17.8 Å². The van der Waals surface area contributed by atoms with Crippen molar-refractivity contribution in [3.8, 4) is 5.75 Å². The van der Waals surface area contributed by atoms with E-state index in [0.29, 0.717) is 18.5 Å². The number of hydrogen-bond donors (Lipinski definition) is 0. The Morgan fingerprint density at radius 2 is 1.75 bits per heavy atom. The van der Waals surface area contributed by atoms with Gasteiger partial charge in [0.15, 0.2) is 11.5 Å². The minimum absolute atomic E-state index is 0.000409. The normalized spacial score (nSPS) is 23.2. The predicted molar refractivity (Wildman–Crippen MR) is 149 cm³/mol. The Morgan fingerprint density at radius 1 is 1.05 bits per heavy atom. The summed E-state index contributed by atoms with van der Waals surface area (Å²) >= 11 is 0. The summed E-state index contributed by atoms with van der Waals surface area (Å²) in [6.07, 6.45) is -1.43. The lowest BCUT2D eigenvalue weighted by Gasteiger charge is -2.42. The number of nitro benzene ring substituents is 1. The first-order chi connectivity index (χ1) is 19.0. The summed E-state index contributed by atoms with van der Waals surface area (Å²) in [6, 6.07) is 14.3. The van der Waals surface area contributed by atoms with Gasteiger partial charge < -0.3 is 18.9 Å². The topological polar surface area (TPSA) is 117 Å². The quantitative estimate of drug-likeness (QED) is 0.184. The Kier molecular flexibility index (Phi) is 11.0. The SMILES string of the molecule is CCN(COC(C)Cc1ccccc1)C(=O)OCc1ccc(OC2OC(C(C)=O)C(C)[C@H](C)[C@@H]2C)c([N+](=O)[O-])c1. The second kappa shape index (κ2) is 14.2. The molecule has 1 aliphatic heterocycles. The lowest BCUT2D eigenvalue weighted by atomic mass is 9.78. The molecule has 0 N–H and O–H groups in total. The fraction of sp³-hybridized carbons (Fsp3) is 0.533. The van der Waals surface area contributed by atoms with Gasteiger partial charge >= 0.3 is 11.8 Å². The zero-order valence-electron chi connectivity index (χ0n) is 24.1. The molecule has 1 fully saturated rings. The fourth-order valence-electron chi connectivity index (χ4n) is 4.75. The summed E-state index contributed by atoms with van der Waals surface area (Å²) in [4.78, 5) is 37.5. The molecule has 2 aromatic rings. The highest BCUT2D eigenvalue weighted by Gasteiger charge is 2.42. The van der Waals surface area contributed by atoms with Gasteiger partial charge in [-0.1, -0.05) is 57.2 Å². The zero-order chi connectivity index (χ0) is 29.4. The minimum atomic E-state index is -0.815. The van der Waals surface area contributed by atoms with Crippen molar-refractivity contribution in [3.05, 3.63) is 69.8 Å². The van der Waals surface area contributed by atoms with E-state index in [1.54, 1.807) is 6.07 Å². The van der Waals surface area contributed by atoms with Crippen molar-refractivity contribution >= 4 is 17.6 Å². The van der Waals surface area contributed by atoms with Crippen LogP contribution in [-0.2, 0) is 32.0 Å². The monoisotopic (exact) mass is 556 g/mol. The molecule has 0 aromatic heterocycles. The fourth-order valence-corrected chi connectivity index (χ4v) is 4.75. The molecule has 218 valence electrons. The lowest BCUT2D eigenvalue weighted by Crippen LogP contribution is -2.49. The summed E-state index contributed by atoms with van der Waals surface area (Å²) in [6.45, 7) is 11.4. The highest BCUT2D eigenvalue weighted by molar-refractivity contribution is 5.80. The smallest absolute Gasteiger partial charge is 0.411 e. The first-order valence-corrected chi connectivity index (χ1v) is 13.7. The van der Waals surface area contributed by atoms with E-state index < -0.39 is 23.4 Å². The van der Waals surface area contributed by atoms with Gasteiger partial charge in [0.05, 0.1) is 11.0 Å². The maximum atomic E-state index is 12.7. The van der Waals surface area contributed by atoms with Crippen molar-refractivity contribution in [2.75, 3.05) is 13.3 Å². The van der Waals surface area contributed by atoms with E-state index in [4.69, 9.17) is 18.9 Å². The third kappa shape index (κ3) is 8.02. The van der Waals surface area contributed by atoms with Crippen LogP contribution in [0.25, 0.3) is 0 Å². The highest BCUT2D eigenvalue weighted by atomic mass is 16.7. The number of ether oxygens (including phenoxy) is 4. The molecule has 0 saturated carbocycles. The predicted octanol–water partition coefficient (Wildman–Crippen LogP) is 5.76. The van der Waals surface area contributed by atoms with Crippen LogP contribution in [-0.4, -0.2) is 53.5 Å². The number of ketones is 1. The van der Waals surface area contributed by atoms with Crippen LogP contribution in [0.5, 0.6) is 5.75 Å². The van der Waals surface area contributed by atoms with Gasteiger partial charge in [0.25, 0.3) is 0 Å². The second-order valence-electron chi connectivity index (χ2n) is 10.5. The molecular weight excluding hydrogens is 516 g/mol. The van der Waals surface area contributed by atoms with Gasteiger partial charge in [-0.2, -0.15) is 0 Å². The van der Waals surface area contributed by atoms with Crippen molar-refractivity contribution in [2.45, 2.75) is 73.1 Å². The Hall–Kier alpha value is -3.50. The average Bonchev–Trinajstić information content (AvgIpc) is 2.93. The molecule has 6 atom stereocenters. The molecule has 0 spiro atoms. The van der Waals surface area contributed by atoms with Gasteiger partial charge in [0.1, 0.15) is 19.4 Å². The highest BCUT2D eigenvalue weighted by Crippen LogP contribution is 2.38. The largest absolute Gasteiger partial charge is 0.457 e. The molecule has 1 aliphatic rings. The van der Waals surface area contributed by atoms with Crippen molar-refractivity contribution < 1.29 is 33.5 Å². The molecule has 3 rings (SSSR count). The molecule has 40 heavy (non-hydrogen) atoms. The van der Waals surface area contributed by atoms with Crippen molar-refractivity contribution in [1.82, 2.24) is 4.90 Å². The Morgan fingerprint density at radius 3 is 2.38 bits per heavy atom. The van der Waals surface area contributed by atoms with Crippen LogP contribution in [0.1, 0.15) is 52.7 Å². The van der Waals surface area contributed by atoms with Gasteiger partial charge in [-0.25, -0.2) is 4.79 Å². The minimum Gasteiger partial charge on any atom is -0.457 e. The number of hydrogen-bond acceptors (Lipinski definition) is 8. The maximum Gasteiger partial charge on any atom is 0.411 e. The summed E-state index contributed by atoms with van der Waals surface area (Å²) in [5, 5.41) is 11.9. The summed E-state index contributed by atoms with van der Waals surface area (Å²) in [7, 11) is 0. The molecule has 10 nitrogen and oxygen atoms in total. The van der Waals surface area contributed by atoms with E-state index in [-0.39, 0.29) is 54.4 Å². The molecule has 10 heteroatoms. The number of carbonyl (C=O) groups is 2. The van der Waals surface area contributed by atoms with Gasteiger partial charge in [0, 0.05) is 18.5 Å². The lowest BCUT2D eigenvalue weighted by molar-refractivity contribution is -0.386. The van der Waals surface area contributed by atoms with Gasteiger partial charge in [-0.05, 0) is 56.2 Å². The van der Waals surface area contributed by atoms with Gasteiger partial charge in [0.2, 0.25) is 6.29 Å².